The van der Waals surface area contributed by atoms with Gasteiger partial charge in [-0.15, -0.1) is 0 Å². The van der Waals surface area contributed by atoms with E-state index in [4.69, 9.17) is 10.00 Å². The minimum absolute atomic E-state index is 0.209. The predicted molar refractivity (Wildman–Crippen MR) is 73.5 cm³/mol. The van der Waals surface area contributed by atoms with Gasteiger partial charge >= 0.3 is 6.03 Å². The molecule has 0 aliphatic carbocycles. The number of carbonyl (C=O) groups is 1. The van der Waals surface area contributed by atoms with E-state index in [1.807, 2.05) is 6.07 Å². The van der Waals surface area contributed by atoms with Gasteiger partial charge in [0.25, 0.3) is 0 Å². The third-order valence-electron chi connectivity index (χ3n) is 2.93. The molecular weight excluding hydrogens is 254 g/mol. The van der Waals surface area contributed by atoms with Crippen LogP contribution < -0.4 is 14.2 Å². The van der Waals surface area contributed by atoms with E-state index in [9.17, 15) is 4.79 Å². The second-order valence-corrected chi connectivity index (χ2v) is 4.15. The number of pyridine rings is 1. The van der Waals surface area contributed by atoms with Gasteiger partial charge < -0.3 is 4.74 Å². The van der Waals surface area contributed by atoms with Gasteiger partial charge in [-0.25, -0.2) is 0 Å². The number of rotatable bonds is 2. The van der Waals surface area contributed by atoms with Gasteiger partial charge in [0.2, 0.25) is 0 Å². The monoisotopic (exact) mass is 268 g/mol. The first kappa shape index (κ1) is 13.6. The molecule has 0 atom stereocenters. The molecule has 0 unspecified atom stereocenters. The minimum atomic E-state index is -0.209. The summed E-state index contributed by atoms with van der Waals surface area (Å²) < 4.78 is 6.50. The van der Waals surface area contributed by atoms with Crippen LogP contribution in [0.1, 0.15) is 5.56 Å². The molecule has 0 saturated heterocycles. The first-order valence-corrected chi connectivity index (χ1v) is 5.99. The molecule has 1 amide bonds. The number of nitriles is 1. The highest BCUT2D eigenvalue weighted by Crippen LogP contribution is 2.17. The lowest BCUT2D eigenvalue weighted by Crippen LogP contribution is -2.50. The maximum atomic E-state index is 12.3. The summed E-state index contributed by atoms with van der Waals surface area (Å²) in [7, 11) is 3.28. The normalized spacial score (nSPS) is 9.65. The number of carbonyl (C=O) groups excluding carboxylic acids is 1. The highest BCUT2D eigenvalue weighted by molar-refractivity contribution is 5.84. The third-order valence-corrected chi connectivity index (χ3v) is 2.93. The standard InChI is InChI=1S/C15H14N3O2/c1-17(13-3-5-14(20-2)6-4-13)15(19)18-9-7-12(11-16)8-10-18/h3-10H,1-2H3/q+1. The van der Waals surface area contributed by atoms with Crippen LogP contribution in [0, 0.1) is 11.3 Å². The van der Waals surface area contributed by atoms with E-state index in [2.05, 4.69) is 0 Å². The maximum Gasteiger partial charge on any atom is 0.502 e. The van der Waals surface area contributed by atoms with E-state index in [1.165, 1.54) is 9.47 Å². The molecule has 1 aromatic carbocycles. The van der Waals surface area contributed by atoms with Gasteiger partial charge in [0, 0.05) is 0 Å². The second-order valence-electron chi connectivity index (χ2n) is 4.15. The second kappa shape index (κ2) is 5.85. The van der Waals surface area contributed by atoms with Crippen molar-refractivity contribution in [1.29, 1.82) is 5.26 Å². The Morgan fingerprint density at radius 3 is 2.30 bits per heavy atom. The zero-order valence-corrected chi connectivity index (χ0v) is 11.3. The summed E-state index contributed by atoms with van der Waals surface area (Å²) >= 11 is 0. The van der Waals surface area contributed by atoms with Crippen molar-refractivity contribution in [3.05, 3.63) is 54.4 Å². The SMILES string of the molecule is COc1ccc(N(C)C(=O)[n+]2ccc(C#N)cc2)cc1. The number of nitrogens with zero attached hydrogens (tertiary/aromatic N) is 3. The van der Waals surface area contributed by atoms with Gasteiger partial charge in [-0.3, -0.25) is 0 Å². The Kier molecular flexibility index (Phi) is 3.96. The number of hydrogen-bond donors (Lipinski definition) is 0. The van der Waals surface area contributed by atoms with Crippen LogP contribution in [0.15, 0.2) is 48.8 Å². The Morgan fingerprint density at radius 2 is 1.80 bits per heavy atom. The summed E-state index contributed by atoms with van der Waals surface area (Å²) in [5, 5.41) is 8.74. The molecule has 5 nitrogen and oxygen atoms in total. The molecule has 0 spiro atoms. The summed E-state index contributed by atoms with van der Waals surface area (Å²) in [6.07, 6.45) is 3.14. The first-order chi connectivity index (χ1) is 9.65. The number of amides is 1. The van der Waals surface area contributed by atoms with Crippen LogP contribution in [0.25, 0.3) is 0 Å². The number of anilines is 1. The van der Waals surface area contributed by atoms with E-state index in [-0.39, 0.29) is 6.03 Å². The van der Waals surface area contributed by atoms with Crippen molar-refractivity contribution in [2.45, 2.75) is 0 Å². The fraction of sp³-hybridized carbons (Fsp3) is 0.133. The van der Waals surface area contributed by atoms with Crippen LogP contribution in [0.4, 0.5) is 10.5 Å². The molecule has 0 bridgehead atoms. The molecule has 2 aromatic rings. The number of aromatic nitrogens is 1. The molecule has 2 rings (SSSR count). The Morgan fingerprint density at radius 1 is 1.20 bits per heavy atom. The van der Waals surface area contributed by atoms with E-state index in [1.54, 1.807) is 62.9 Å². The van der Waals surface area contributed by atoms with Gasteiger partial charge in [-0.1, -0.05) is 0 Å². The largest absolute Gasteiger partial charge is 0.502 e. The lowest BCUT2D eigenvalue weighted by atomic mass is 10.3. The number of ether oxygens (including phenoxy) is 1. The molecule has 100 valence electrons. The molecular formula is C15H14N3O2+. The molecule has 0 N–H and O–H groups in total. The summed E-state index contributed by atoms with van der Waals surface area (Å²) in [4.78, 5) is 13.8. The van der Waals surface area contributed by atoms with Crippen molar-refractivity contribution >= 4 is 11.7 Å². The van der Waals surface area contributed by atoms with Crippen molar-refractivity contribution in [3.8, 4) is 11.8 Å². The van der Waals surface area contributed by atoms with Crippen LogP contribution in [-0.2, 0) is 0 Å². The van der Waals surface area contributed by atoms with Crippen molar-refractivity contribution in [2.75, 3.05) is 19.1 Å². The number of benzene rings is 1. The van der Waals surface area contributed by atoms with Crippen molar-refractivity contribution in [2.24, 2.45) is 0 Å². The lowest BCUT2D eigenvalue weighted by molar-refractivity contribution is -0.569. The Balaban J connectivity index is 2.20. The molecule has 0 radical (unpaired) electrons. The van der Waals surface area contributed by atoms with Crippen molar-refractivity contribution in [1.82, 2.24) is 0 Å². The van der Waals surface area contributed by atoms with Crippen molar-refractivity contribution in [3.63, 3.8) is 0 Å². The summed E-state index contributed by atoms with van der Waals surface area (Å²) in [5.74, 6) is 0.737. The zero-order valence-electron chi connectivity index (χ0n) is 11.3. The fourth-order valence-electron chi connectivity index (χ4n) is 1.72. The molecule has 1 heterocycles. The highest BCUT2D eigenvalue weighted by Gasteiger charge is 2.22. The Hall–Kier alpha value is -2.87. The topological polar surface area (TPSA) is 57.2 Å². The average Bonchev–Trinajstić information content (AvgIpc) is 2.53. The van der Waals surface area contributed by atoms with E-state index in [0.29, 0.717) is 5.56 Å². The van der Waals surface area contributed by atoms with Crippen LogP contribution in [-0.4, -0.2) is 20.2 Å². The summed E-state index contributed by atoms with van der Waals surface area (Å²) in [6.45, 7) is 0. The molecule has 20 heavy (non-hydrogen) atoms. The van der Waals surface area contributed by atoms with Crippen LogP contribution >= 0.6 is 0 Å². The molecule has 0 aliphatic rings. The highest BCUT2D eigenvalue weighted by atomic mass is 16.5. The molecule has 5 heteroatoms. The molecule has 1 aromatic heterocycles. The van der Waals surface area contributed by atoms with Gasteiger partial charge in [-0.05, 0) is 36.4 Å². The fourth-order valence-corrected chi connectivity index (χ4v) is 1.72. The van der Waals surface area contributed by atoms with Gasteiger partial charge in [-0.2, -0.15) is 19.5 Å². The van der Waals surface area contributed by atoms with E-state index >= 15 is 0 Å². The van der Waals surface area contributed by atoms with Gasteiger partial charge in [0.15, 0.2) is 0 Å². The van der Waals surface area contributed by atoms with Crippen LogP contribution in [0.5, 0.6) is 5.75 Å². The maximum absolute atomic E-state index is 12.3. The zero-order chi connectivity index (χ0) is 14.5. The predicted octanol–water partition coefficient (Wildman–Crippen LogP) is 1.96. The number of methoxy groups -OCH3 is 1. The smallest absolute Gasteiger partial charge is 0.497 e. The molecule has 0 aliphatic heterocycles. The van der Waals surface area contributed by atoms with Crippen molar-refractivity contribution < 1.29 is 14.1 Å². The summed E-state index contributed by atoms with van der Waals surface area (Å²) in [5.41, 5.74) is 1.27. The van der Waals surface area contributed by atoms with Gasteiger partial charge in [0.1, 0.15) is 23.8 Å². The summed E-state index contributed by atoms with van der Waals surface area (Å²) in [6, 6.07) is 12.2. The van der Waals surface area contributed by atoms with E-state index in [0.717, 1.165) is 11.4 Å². The number of hydrogen-bond acceptors (Lipinski definition) is 3. The Labute approximate surface area is 117 Å². The van der Waals surface area contributed by atoms with Crippen LogP contribution in [0.2, 0.25) is 0 Å². The molecule has 0 saturated carbocycles. The third kappa shape index (κ3) is 2.75. The molecule has 0 fully saturated rings. The first-order valence-electron chi connectivity index (χ1n) is 5.99. The lowest BCUT2D eigenvalue weighted by Gasteiger charge is -2.10. The van der Waals surface area contributed by atoms with Crippen LogP contribution in [0.3, 0.4) is 0 Å². The quantitative estimate of drug-likeness (QED) is 0.782. The average molecular weight is 268 g/mol. The van der Waals surface area contributed by atoms with E-state index < -0.39 is 0 Å². The Bertz CT molecular complexity index is 642. The van der Waals surface area contributed by atoms with Gasteiger partial charge in [0.05, 0.1) is 25.8 Å². The minimum Gasteiger partial charge on any atom is -0.497 e.